The van der Waals surface area contributed by atoms with Gasteiger partial charge in [-0.3, -0.25) is 4.79 Å². The normalized spacial score (nSPS) is 11.4. The van der Waals surface area contributed by atoms with Crippen LogP contribution in [0.15, 0.2) is 102 Å². The highest BCUT2D eigenvalue weighted by Gasteiger charge is 2.27. The molecule has 0 aliphatic carbocycles. The summed E-state index contributed by atoms with van der Waals surface area (Å²) in [6, 6.07) is 33.3. The number of thioether (sulfide) groups is 1. The fourth-order valence-electron chi connectivity index (χ4n) is 3.53. The van der Waals surface area contributed by atoms with E-state index in [0.717, 1.165) is 27.9 Å². The molecule has 0 spiro atoms. The molecule has 0 aliphatic rings. The average Bonchev–Trinajstić information content (AvgIpc) is 2.88. The van der Waals surface area contributed by atoms with Crippen molar-refractivity contribution in [2.75, 3.05) is 6.61 Å². The molecule has 1 atom stereocenters. The summed E-state index contributed by atoms with van der Waals surface area (Å²) in [5, 5.41) is 9.99. The molecule has 4 aromatic rings. The monoisotopic (exact) mass is 450 g/mol. The summed E-state index contributed by atoms with van der Waals surface area (Å²) in [6.07, 6.45) is 0. The van der Waals surface area contributed by atoms with E-state index in [9.17, 15) is 10.1 Å². The van der Waals surface area contributed by atoms with E-state index in [-0.39, 0.29) is 12.6 Å². The molecule has 1 aromatic heterocycles. The molecule has 0 radical (unpaired) electrons. The number of pyridine rings is 1. The van der Waals surface area contributed by atoms with Crippen molar-refractivity contribution in [3.63, 3.8) is 0 Å². The third-order valence-corrected chi connectivity index (χ3v) is 6.30. The van der Waals surface area contributed by atoms with Crippen LogP contribution < -0.4 is 0 Å². The van der Waals surface area contributed by atoms with Crippen molar-refractivity contribution in [2.45, 2.75) is 17.2 Å². The summed E-state index contributed by atoms with van der Waals surface area (Å²) < 4.78 is 5.36. The Labute approximate surface area is 197 Å². The van der Waals surface area contributed by atoms with Gasteiger partial charge in [0.05, 0.1) is 17.9 Å². The van der Waals surface area contributed by atoms with Gasteiger partial charge in [0, 0.05) is 11.1 Å². The van der Waals surface area contributed by atoms with Crippen LogP contribution in [0.25, 0.3) is 22.4 Å². The maximum absolute atomic E-state index is 12.9. The lowest BCUT2D eigenvalue weighted by atomic mass is 9.99. The Bertz CT molecular complexity index is 1270. The number of esters is 1. The summed E-state index contributed by atoms with van der Waals surface area (Å²) in [6.45, 7) is 2.06. The molecule has 0 amide bonds. The number of carbonyl (C=O) groups excluding carboxylic acids is 1. The highest BCUT2D eigenvalue weighted by atomic mass is 32.2. The second-order valence-corrected chi connectivity index (χ2v) is 8.33. The lowest BCUT2D eigenvalue weighted by Gasteiger charge is -2.18. The van der Waals surface area contributed by atoms with E-state index in [1.165, 1.54) is 11.8 Å². The third-order valence-electron chi connectivity index (χ3n) is 5.08. The molecular formula is C28H22N2O2S. The van der Waals surface area contributed by atoms with Gasteiger partial charge in [-0.1, -0.05) is 103 Å². The number of nitrogens with zero attached hydrogens (tertiary/aromatic N) is 2. The van der Waals surface area contributed by atoms with Gasteiger partial charge >= 0.3 is 5.97 Å². The highest BCUT2D eigenvalue weighted by Crippen LogP contribution is 2.41. The Balaban J connectivity index is 1.89. The average molecular weight is 451 g/mol. The minimum absolute atomic E-state index is 0.278. The largest absolute Gasteiger partial charge is 0.465 e. The fraction of sp³-hybridized carbons (Fsp3) is 0.107. The van der Waals surface area contributed by atoms with Gasteiger partial charge < -0.3 is 4.74 Å². The van der Waals surface area contributed by atoms with E-state index in [2.05, 4.69) is 6.07 Å². The van der Waals surface area contributed by atoms with Gasteiger partial charge in [-0.25, -0.2) is 4.98 Å². The van der Waals surface area contributed by atoms with Gasteiger partial charge in [0.25, 0.3) is 0 Å². The lowest BCUT2D eigenvalue weighted by Crippen LogP contribution is -2.14. The van der Waals surface area contributed by atoms with E-state index in [1.54, 1.807) is 6.92 Å². The van der Waals surface area contributed by atoms with Gasteiger partial charge in [-0.05, 0) is 24.1 Å². The van der Waals surface area contributed by atoms with Gasteiger partial charge in [0.1, 0.15) is 16.3 Å². The maximum atomic E-state index is 12.9. The second kappa shape index (κ2) is 10.6. The Kier molecular flexibility index (Phi) is 7.19. The van der Waals surface area contributed by atoms with Gasteiger partial charge in [-0.2, -0.15) is 5.26 Å². The van der Waals surface area contributed by atoms with Crippen LogP contribution in [0.3, 0.4) is 0 Å². The van der Waals surface area contributed by atoms with Gasteiger partial charge in [0.2, 0.25) is 0 Å². The van der Waals surface area contributed by atoms with Crippen molar-refractivity contribution < 1.29 is 9.53 Å². The van der Waals surface area contributed by atoms with Crippen molar-refractivity contribution >= 4 is 17.7 Å². The molecule has 4 nitrogen and oxygen atoms in total. The smallest absolute Gasteiger partial charge is 0.324 e. The number of aromatic nitrogens is 1. The number of nitriles is 1. The first kappa shape index (κ1) is 22.3. The van der Waals surface area contributed by atoms with Crippen molar-refractivity contribution in [1.82, 2.24) is 4.98 Å². The Hall–Kier alpha value is -3.88. The maximum Gasteiger partial charge on any atom is 0.324 e. The molecule has 162 valence electrons. The van der Waals surface area contributed by atoms with E-state index in [4.69, 9.17) is 9.72 Å². The van der Waals surface area contributed by atoms with Crippen LogP contribution >= 0.6 is 11.8 Å². The Morgan fingerprint density at radius 3 is 2.09 bits per heavy atom. The van der Waals surface area contributed by atoms with E-state index < -0.39 is 5.25 Å². The predicted molar refractivity (Wildman–Crippen MR) is 131 cm³/mol. The molecular weight excluding hydrogens is 428 g/mol. The zero-order chi connectivity index (χ0) is 23.0. The molecule has 1 unspecified atom stereocenters. The molecule has 3 aromatic carbocycles. The fourth-order valence-corrected chi connectivity index (χ4v) is 4.63. The molecule has 4 rings (SSSR count). The van der Waals surface area contributed by atoms with E-state index in [0.29, 0.717) is 10.6 Å². The van der Waals surface area contributed by atoms with Gasteiger partial charge in [-0.15, -0.1) is 0 Å². The van der Waals surface area contributed by atoms with Crippen LogP contribution in [0.5, 0.6) is 0 Å². The summed E-state index contributed by atoms with van der Waals surface area (Å²) >= 11 is 1.25. The first-order valence-electron chi connectivity index (χ1n) is 10.7. The third kappa shape index (κ3) is 5.14. The van der Waals surface area contributed by atoms with Crippen LogP contribution in [0.1, 0.15) is 23.3 Å². The first-order valence-corrected chi connectivity index (χ1v) is 11.5. The summed E-state index contributed by atoms with van der Waals surface area (Å²) in [5.41, 5.74) is 4.63. The zero-order valence-corrected chi connectivity index (χ0v) is 19.0. The molecule has 0 saturated carbocycles. The van der Waals surface area contributed by atoms with E-state index in [1.807, 2.05) is 97.1 Å². The van der Waals surface area contributed by atoms with Gasteiger partial charge in [0.15, 0.2) is 0 Å². The minimum atomic E-state index is -0.639. The van der Waals surface area contributed by atoms with Crippen molar-refractivity contribution in [1.29, 1.82) is 5.26 Å². The number of hydrogen-bond donors (Lipinski definition) is 0. The van der Waals surface area contributed by atoms with Crippen molar-refractivity contribution in [3.05, 3.63) is 108 Å². The molecule has 0 bridgehead atoms. The molecule has 0 N–H and O–H groups in total. The van der Waals surface area contributed by atoms with Crippen molar-refractivity contribution in [3.8, 4) is 28.5 Å². The molecule has 0 saturated heterocycles. The number of rotatable bonds is 7. The summed E-state index contributed by atoms with van der Waals surface area (Å²) in [4.78, 5) is 17.7. The van der Waals surface area contributed by atoms with Crippen LogP contribution in [0.2, 0.25) is 0 Å². The quantitative estimate of drug-likeness (QED) is 0.232. The standard InChI is InChI=1S/C28H22N2O2S/c1-2-32-28(31)26(22-16-10-5-11-17-22)33-27-24(19-29)23(20-12-6-3-7-13-20)18-25(30-27)21-14-8-4-9-15-21/h3-18,26H,2H2,1H3. The molecule has 33 heavy (non-hydrogen) atoms. The van der Waals surface area contributed by atoms with Crippen LogP contribution in [-0.4, -0.2) is 17.6 Å². The molecule has 0 aliphatic heterocycles. The number of carbonyl (C=O) groups is 1. The predicted octanol–water partition coefficient (Wildman–Crippen LogP) is 6.68. The molecule has 0 fully saturated rings. The van der Waals surface area contributed by atoms with Crippen LogP contribution in [-0.2, 0) is 9.53 Å². The highest BCUT2D eigenvalue weighted by molar-refractivity contribution is 8.00. The summed E-state index contributed by atoms with van der Waals surface area (Å²) in [5.74, 6) is -0.356. The SMILES string of the molecule is CCOC(=O)C(Sc1nc(-c2ccccc2)cc(-c2ccccc2)c1C#N)c1ccccc1. The first-order chi connectivity index (χ1) is 16.2. The minimum Gasteiger partial charge on any atom is -0.465 e. The van der Waals surface area contributed by atoms with Crippen LogP contribution in [0, 0.1) is 11.3 Å². The second-order valence-electron chi connectivity index (χ2n) is 7.24. The lowest BCUT2D eigenvalue weighted by molar-refractivity contribution is -0.142. The van der Waals surface area contributed by atoms with Crippen molar-refractivity contribution in [2.24, 2.45) is 0 Å². The Morgan fingerprint density at radius 2 is 1.52 bits per heavy atom. The zero-order valence-electron chi connectivity index (χ0n) is 18.1. The number of benzene rings is 3. The molecule has 5 heteroatoms. The topological polar surface area (TPSA) is 63.0 Å². The van der Waals surface area contributed by atoms with E-state index >= 15 is 0 Å². The Morgan fingerprint density at radius 1 is 0.939 bits per heavy atom. The van der Waals surface area contributed by atoms with Crippen LogP contribution in [0.4, 0.5) is 0 Å². The molecule has 1 heterocycles. The number of ether oxygens (including phenoxy) is 1. The summed E-state index contributed by atoms with van der Waals surface area (Å²) in [7, 11) is 0. The number of hydrogen-bond acceptors (Lipinski definition) is 5.